The van der Waals surface area contributed by atoms with Crippen LogP contribution >= 0.6 is 0 Å². The molecule has 0 radical (unpaired) electrons. The van der Waals surface area contributed by atoms with Gasteiger partial charge in [-0.25, -0.2) is 0 Å². The topological polar surface area (TPSA) is 77.8 Å². The molecule has 2 rings (SSSR count). The number of carbonyl (C=O) groups excluding carboxylic acids is 1. The molecule has 1 aliphatic rings. The number of nitrogens with zero attached hydrogens (tertiary/aromatic N) is 1. The third kappa shape index (κ3) is 3.73. The highest BCUT2D eigenvalue weighted by Gasteiger charge is 2.28. The van der Waals surface area contributed by atoms with Crippen LogP contribution in [0.5, 0.6) is 5.75 Å². The van der Waals surface area contributed by atoms with E-state index in [0.29, 0.717) is 5.56 Å². The van der Waals surface area contributed by atoms with Crippen molar-refractivity contribution in [1.82, 2.24) is 4.90 Å². The molecule has 0 atom stereocenters. The van der Waals surface area contributed by atoms with Gasteiger partial charge in [-0.15, -0.1) is 0 Å². The molecule has 1 amide bonds. The van der Waals surface area contributed by atoms with E-state index in [4.69, 9.17) is 5.11 Å². The van der Waals surface area contributed by atoms with Crippen molar-refractivity contribution in [1.29, 1.82) is 0 Å². The Labute approximate surface area is 117 Å². The van der Waals surface area contributed by atoms with Crippen molar-refractivity contribution in [3.63, 3.8) is 0 Å². The van der Waals surface area contributed by atoms with Crippen molar-refractivity contribution >= 4 is 11.9 Å². The number of carboxylic acid groups (broad SMARTS) is 1. The van der Waals surface area contributed by atoms with Crippen molar-refractivity contribution in [2.75, 3.05) is 6.54 Å². The third-order valence-corrected chi connectivity index (χ3v) is 3.66. The number of carboxylic acids is 1. The van der Waals surface area contributed by atoms with Gasteiger partial charge in [-0.3, -0.25) is 9.59 Å². The van der Waals surface area contributed by atoms with E-state index in [0.717, 1.165) is 25.7 Å². The van der Waals surface area contributed by atoms with Gasteiger partial charge in [0.2, 0.25) is 5.91 Å². The van der Waals surface area contributed by atoms with Crippen LogP contribution in [0.1, 0.15) is 31.2 Å². The first-order chi connectivity index (χ1) is 9.56. The van der Waals surface area contributed by atoms with E-state index >= 15 is 0 Å². The van der Waals surface area contributed by atoms with Crippen molar-refractivity contribution in [3.8, 4) is 5.75 Å². The highest BCUT2D eigenvalue weighted by Crippen LogP contribution is 2.24. The van der Waals surface area contributed by atoms with E-state index in [2.05, 4.69) is 0 Å². The lowest BCUT2D eigenvalue weighted by atomic mass is 10.1. The van der Waals surface area contributed by atoms with Crippen LogP contribution in [0, 0.1) is 0 Å². The van der Waals surface area contributed by atoms with Gasteiger partial charge >= 0.3 is 5.97 Å². The third-order valence-electron chi connectivity index (χ3n) is 3.66. The highest BCUT2D eigenvalue weighted by atomic mass is 16.4. The fourth-order valence-electron chi connectivity index (χ4n) is 2.73. The lowest BCUT2D eigenvalue weighted by molar-refractivity contribution is -0.145. The summed E-state index contributed by atoms with van der Waals surface area (Å²) in [5.74, 6) is -1.06. The van der Waals surface area contributed by atoms with Crippen LogP contribution in [0.15, 0.2) is 24.3 Å². The van der Waals surface area contributed by atoms with Gasteiger partial charge in [0.15, 0.2) is 0 Å². The first kappa shape index (κ1) is 14.4. The summed E-state index contributed by atoms with van der Waals surface area (Å²) >= 11 is 0. The summed E-state index contributed by atoms with van der Waals surface area (Å²) in [5, 5.41) is 18.4. The SMILES string of the molecule is O=C(O)CN(C(=O)Cc1cccc(O)c1)C1CCCC1. The molecule has 20 heavy (non-hydrogen) atoms. The molecule has 1 saturated carbocycles. The van der Waals surface area contributed by atoms with Crippen molar-refractivity contribution in [2.45, 2.75) is 38.1 Å². The number of hydrogen-bond acceptors (Lipinski definition) is 3. The van der Waals surface area contributed by atoms with E-state index in [1.54, 1.807) is 18.2 Å². The Morgan fingerprint density at radius 3 is 2.55 bits per heavy atom. The quantitative estimate of drug-likeness (QED) is 0.860. The minimum absolute atomic E-state index is 0.0379. The number of carbonyl (C=O) groups is 2. The Morgan fingerprint density at radius 2 is 1.95 bits per heavy atom. The van der Waals surface area contributed by atoms with E-state index in [-0.39, 0.29) is 30.7 Å². The first-order valence-corrected chi connectivity index (χ1v) is 6.85. The van der Waals surface area contributed by atoms with Crippen molar-refractivity contribution in [2.24, 2.45) is 0 Å². The summed E-state index contributed by atoms with van der Waals surface area (Å²) in [5.41, 5.74) is 0.698. The molecule has 0 heterocycles. The zero-order chi connectivity index (χ0) is 14.5. The first-order valence-electron chi connectivity index (χ1n) is 6.85. The largest absolute Gasteiger partial charge is 0.508 e. The molecule has 0 aliphatic heterocycles. The second kappa shape index (κ2) is 6.41. The molecule has 1 aromatic rings. The van der Waals surface area contributed by atoms with Crippen LogP contribution in [-0.2, 0) is 16.0 Å². The summed E-state index contributed by atoms with van der Waals surface area (Å²) in [6.07, 6.45) is 3.96. The zero-order valence-corrected chi connectivity index (χ0v) is 11.3. The summed E-state index contributed by atoms with van der Waals surface area (Å²) in [4.78, 5) is 24.7. The molecule has 1 aliphatic carbocycles. The number of hydrogen-bond donors (Lipinski definition) is 2. The number of aromatic hydroxyl groups is 1. The van der Waals surface area contributed by atoms with Gasteiger partial charge < -0.3 is 15.1 Å². The van der Waals surface area contributed by atoms with Crippen LogP contribution in [0.4, 0.5) is 0 Å². The molecule has 0 unspecified atom stereocenters. The Bertz CT molecular complexity index is 494. The van der Waals surface area contributed by atoms with Crippen LogP contribution in [0.25, 0.3) is 0 Å². The van der Waals surface area contributed by atoms with Gasteiger partial charge in [0.05, 0.1) is 6.42 Å². The maximum atomic E-state index is 12.3. The van der Waals surface area contributed by atoms with Gasteiger partial charge in [0.1, 0.15) is 12.3 Å². The highest BCUT2D eigenvalue weighted by molar-refractivity contribution is 5.83. The van der Waals surface area contributed by atoms with Gasteiger partial charge in [-0.2, -0.15) is 0 Å². The van der Waals surface area contributed by atoms with Gasteiger partial charge in [-0.05, 0) is 30.5 Å². The van der Waals surface area contributed by atoms with Crippen molar-refractivity contribution in [3.05, 3.63) is 29.8 Å². The van der Waals surface area contributed by atoms with E-state index in [9.17, 15) is 14.7 Å². The van der Waals surface area contributed by atoms with Crippen LogP contribution in [0.3, 0.4) is 0 Å². The molecular weight excluding hydrogens is 258 g/mol. The minimum Gasteiger partial charge on any atom is -0.508 e. The zero-order valence-electron chi connectivity index (χ0n) is 11.3. The number of phenols is 1. The summed E-state index contributed by atoms with van der Waals surface area (Å²) < 4.78 is 0. The van der Waals surface area contributed by atoms with E-state index < -0.39 is 5.97 Å². The van der Waals surface area contributed by atoms with Crippen LogP contribution in [-0.4, -0.2) is 39.6 Å². The Morgan fingerprint density at radius 1 is 1.25 bits per heavy atom. The molecule has 1 aromatic carbocycles. The minimum atomic E-state index is -0.985. The molecule has 1 fully saturated rings. The van der Waals surface area contributed by atoms with Crippen LogP contribution < -0.4 is 0 Å². The predicted octanol–water partition coefficient (Wildman–Crippen LogP) is 1.79. The Balaban J connectivity index is 2.07. The monoisotopic (exact) mass is 277 g/mol. The maximum Gasteiger partial charge on any atom is 0.323 e. The summed E-state index contributed by atoms with van der Waals surface area (Å²) in [6.45, 7) is -0.248. The second-order valence-corrected chi connectivity index (χ2v) is 5.20. The molecule has 0 bridgehead atoms. The van der Waals surface area contributed by atoms with Gasteiger partial charge in [0, 0.05) is 6.04 Å². The fourth-order valence-corrected chi connectivity index (χ4v) is 2.73. The Kier molecular flexibility index (Phi) is 4.61. The van der Waals surface area contributed by atoms with Gasteiger partial charge in [0.25, 0.3) is 0 Å². The number of aliphatic carboxylic acids is 1. The normalized spacial score (nSPS) is 15.2. The fraction of sp³-hybridized carbons (Fsp3) is 0.467. The summed E-state index contributed by atoms with van der Waals surface area (Å²) in [6, 6.07) is 6.54. The number of benzene rings is 1. The van der Waals surface area contributed by atoms with Gasteiger partial charge in [-0.1, -0.05) is 25.0 Å². The van der Waals surface area contributed by atoms with E-state index in [1.807, 2.05) is 0 Å². The average Bonchev–Trinajstić information content (AvgIpc) is 2.89. The number of rotatable bonds is 5. The molecule has 0 saturated heterocycles. The molecule has 0 aromatic heterocycles. The molecular formula is C15H19NO4. The lowest BCUT2D eigenvalue weighted by Gasteiger charge is -2.27. The molecule has 5 nitrogen and oxygen atoms in total. The average molecular weight is 277 g/mol. The molecule has 2 N–H and O–H groups in total. The smallest absolute Gasteiger partial charge is 0.323 e. The van der Waals surface area contributed by atoms with E-state index in [1.165, 1.54) is 11.0 Å². The molecule has 5 heteroatoms. The second-order valence-electron chi connectivity index (χ2n) is 5.20. The number of phenolic OH excluding ortho intramolecular Hbond substituents is 1. The standard InChI is InChI=1S/C15H19NO4/c17-13-7-3-4-11(8-13)9-14(18)16(10-15(19)20)12-5-1-2-6-12/h3-4,7-8,12,17H,1-2,5-6,9-10H2,(H,19,20). The maximum absolute atomic E-state index is 12.3. The molecule has 0 spiro atoms. The van der Waals surface area contributed by atoms with Crippen molar-refractivity contribution < 1.29 is 19.8 Å². The Hall–Kier alpha value is -2.04. The number of amides is 1. The lowest BCUT2D eigenvalue weighted by Crippen LogP contribution is -2.43. The predicted molar refractivity (Wildman–Crippen MR) is 73.4 cm³/mol. The van der Waals surface area contributed by atoms with Crippen LogP contribution in [0.2, 0.25) is 0 Å². The molecule has 108 valence electrons. The summed E-state index contributed by atoms with van der Waals surface area (Å²) in [7, 11) is 0.